The van der Waals surface area contributed by atoms with Gasteiger partial charge in [0.05, 0.1) is 27.1 Å². The van der Waals surface area contributed by atoms with E-state index in [4.69, 9.17) is 28.9 Å². The van der Waals surface area contributed by atoms with E-state index in [1.807, 2.05) is 6.92 Å². The molecular weight excluding hydrogens is 389 g/mol. The van der Waals surface area contributed by atoms with Crippen molar-refractivity contribution in [3.8, 4) is 0 Å². The zero-order valence-corrected chi connectivity index (χ0v) is 16.6. The van der Waals surface area contributed by atoms with Crippen molar-refractivity contribution in [2.24, 2.45) is 10.2 Å². The summed E-state index contributed by atoms with van der Waals surface area (Å²) in [4.78, 5) is 22.9. The van der Waals surface area contributed by atoms with Gasteiger partial charge in [0, 0.05) is 19.0 Å². The molecule has 0 bridgehead atoms. The van der Waals surface area contributed by atoms with Gasteiger partial charge < -0.3 is 16.4 Å². The molecule has 0 atom stereocenters. The molecular formula is C18H19Cl2N5O2. The molecule has 0 aliphatic rings. The van der Waals surface area contributed by atoms with E-state index in [1.54, 1.807) is 19.1 Å². The van der Waals surface area contributed by atoms with Crippen LogP contribution in [0.3, 0.4) is 0 Å². The van der Waals surface area contributed by atoms with Crippen LogP contribution in [0.1, 0.15) is 25.8 Å². The number of nitrogens with zero attached hydrogens (tertiary/aromatic N) is 2. The first-order valence-corrected chi connectivity index (χ1v) is 8.85. The third-order valence-electron chi connectivity index (χ3n) is 3.58. The van der Waals surface area contributed by atoms with Crippen LogP contribution in [0.25, 0.3) is 0 Å². The normalized spacial score (nSPS) is 10.9. The van der Waals surface area contributed by atoms with Gasteiger partial charge in [-0.3, -0.25) is 9.59 Å². The number of hydrogen-bond acceptors (Lipinski definition) is 5. The number of carbonyl (C=O) groups is 2. The van der Waals surface area contributed by atoms with Crippen molar-refractivity contribution in [2.75, 3.05) is 16.4 Å². The van der Waals surface area contributed by atoms with Gasteiger partial charge in [-0.2, -0.15) is 5.11 Å². The number of hydrogen-bond donors (Lipinski definition) is 3. The number of halogens is 2. The summed E-state index contributed by atoms with van der Waals surface area (Å²) < 4.78 is 0. The van der Waals surface area contributed by atoms with Gasteiger partial charge in [-0.25, -0.2) is 0 Å². The number of aryl methyl sites for hydroxylation is 1. The van der Waals surface area contributed by atoms with Crippen molar-refractivity contribution in [1.82, 2.24) is 0 Å². The lowest BCUT2D eigenvalue weighted by Crippen LogP contribution is -2.10. The van der Waals surface area contributed by atoms with E-state index in [2.05, 4.69) is 20.9 Å². The fourth-order valence-electron chi connectivity index (χ4n) is 2.16. The van der Waals surface area contributed by atoms with Crippen LogP contribution in [0.2, 0.25) is 10.0 Å². The van der Waals surface area contributed by atoms with E-state index in [0.717, 1.165) is 5.56 Å². The monoisotopic (exact) mass is 407 g/mol. The number of nitrogens with two attached hydrogens (primary N) is 1. The third-order valence-corrected chi connectivity index (χ3v) is 4.18. The Balaban J connectivity index is 2.38. The summed E-state index contributed by atoms with van der Waals surface area (Å²) in [5.74, 6) is -0.456. The highest BCUT2D eigenvalue weighted by atomic mass is 35.5. The third kappa shape index (κ3) is 5.42. The lowest BCUT2D eigenvalue weighted by Gasteiger charge is -2.10. The van der Waals surface area contributed by atoms with E-state index in [-0.39, 0.29) is 21.9 Å². The van der Waals surface area contributed by atoms with E-state index >= 15 is 0 Å². The van der Waals surface area contributed by atoms with E-state index in [9.17, 15) is 9.59 Å². The van der Waals surface area contributed by atoms with Gasteiger partial charge in [0.1, 0.15) is 5.69 Å². The van der Waals surface area contributed by atoms with E-state index < -0.39 is 0 Å². The average Bonchev–Trinajstić information content (AvgIpc) is 2.59. The largest absolute Gasteiger partial charge is 0.398 e. The number of carbonyl (C=O) groups excluding carboxylic acids is 2. The number of nitrogens with one attached hydrogen (secondary N) is 2. The average molecular weight is 408 g/mol. The Morgan fingerprint density at radius 1 is 1.07 bits per heavy atom. The predicted molar refractivity (Wildman–Crippen MR) is 109 cm³/mol. The molecule has 0 heterocycles. The summed E-state index contributed by atoms with van der Waals surface area (Å²) >= 11 is 12.3. The molecule has 0 unspecified atom stereocenters. The molecule has 2 rings (SSSR count). The van der Waals surface area contributed by atoms with Gasteiger partial charge >= 0.3 is 0 Å². The smallest absolute Gasteiger partial charge is 0.224 e. The Morgan fingerprint density at radius 3 is 2.26 bits per heavy atom. The predicted octanol–water partition coefficient (Wildman–Crippen LogP) is 5.61. The summed E-state index contributed by atoms with van der Waals surface area (Å²) in [6.45, 7) is 4.93. The maximum absolute atomic E-state index is 11.7. The molecule has 0 aliphatic carbocycles. The minimum atomic E-state index is -0.290. The Bertz CT molecular complexity index is 905. The molecule has 142 valence electrons. The van der Waals surface area contributed by atoms with E-state index in [0.29, 0.717) is 34.9 Å². The summed E-state index contributed by atoms with van der Waals surface area (Å²) in [5, 5.41) is 14.1. The number of benzene rings is 2. The first-order chi connectivity index (χ1) is 12.7. The molecule has 7 nitrogen and oxygen atoms in total. The van der Waals surface area contributed by atoms with Gasteiger partial charge in [0.25, 0.3) is 0 Å². The van der Waals surface area contributed by atoms with Gasteiger partial charge in [-0.15, -0.1) is 5.11 Å². The molecule has 0 fully saturated rings. The minimum absolute atomic E-state index is 0.166. The van der Waals surface area contributed by atoms with Crippen LogP contribution in [0, 0.1) is 6.92 Å². The Kier molecular flexibility index (Phi) is 6.76. The second-order valence-corrected chi connectivity index (χ2v) is 6.61. The molecule has 4 N–H and O–H groups in total. The molecule has 0 spiro atoms. The molecule has 0 saturated heterocycles. The second kappa shape index (κ2) is 8.83. The quantitative estimate of drug-likeness (QED) is 0.442. The SMILES string of the molecule is CCC(=O)Nc1cc(N)c(C)cc1/N=N/c1cc(Cl)c(NC(C)=O)c(Cl)c1. The number of amides is 2. The van der Waals surface area contributed by atoms with Crippen LogP contribution in [0.4, 0.5) is 28.4 Å². The van der Waals surface area contributed by atoms with Crippen molar-refractivity contribution in [2.45, 2.75) is 27.2 Å². The summed E-state index contributed by atoms with van der Waals surface area (Å²) in [7, 11) is 0. The molecule has 0 aliphatic heterocycles. The highest BCUT2D eigenvalue weighted by Crippen LogP contribution is 2.37. The summed E-state index contributed by atoms with van der Waals surface area (Å²) in [5.41, 5.74) is 8.86. The van der Waals surface area contributed by atoms with Crippen LogP contribution in [-0.2, 0) is 9.59 Å². The zero-order chi connectivity index (χ0) is 20.1. The highest BCUT2D eigenvalue weighted by Gasteiger charge is 2.11. The fraction of sp³-hybridized carbons (Fsp3) is 0.222. The van der Waals surface area contributed by atoms with Gasteiger partial charge in [0.15, 0.2) is 0 Å². The van der Waals surface area contributed by atoms with Gasteiger partial charge in [-0.05, 0) is 36.8 Å². The number of nitrogen functional groups attached to an aromatic ring is 1. The standard InChI is InChI=1S/C18H19Cl2N5O2/c1-4-17(27)23-15-8-14(21)9(2)5-16(15)25-24-11-6-12(19)18(13(20)7-11)22-10(3)26/h5-8H,4,21H2,1-3H3,(H,22,26)(H,23,27)/b25-24+. The Labute approximate surface area is 166 Å². The van der Waals surface area contributed by atoms with Crippen molar-refractivity contribution in [3.63, 3.8) is 0 Å². The van der Waals surface area contributed by atoms with Crippen LogP contribution in [0.5, 0.6) is 0 Å². The molecule has 2 aromatic carbocycles. The molecule has 0 radical (unpaired) electrons. The van der Waals surface area contributed by atoms with Crippen molar-refractivity contribution < 1.29 is 9.59 Å². The molecule has 9 heteroatoms. The van der Waals surface area contributed by atoms with Gasteiger partial charge in [0.2, 0.25) is 11.8 Å². The maximum atomic E-state index is 11.7. The number of anilines is 3. The maximum Gasteiger partial charge on any atom is 0.224 e. The van der Waals surface area contributed by atoms with Crippen LogP contribution in [0.15, 0.2) is 34.5 Å². The van der Waals surface area contributed by atoms with Crippen molar-refractivity contribution in [3.05, 3.63) is 39.9 Å². The minimum Gasteiger partial charge on any atom is -0.398 e. The number of azo groups is 1. The van der Waals surface area contributed by atoms with Crippen molar-refractivity contribution >= 4 is 63.5 Å². The molecule has 0 aromatic heterocycles. The summed E-state index contributed by atoms with van der Waals surface area (Å²) in [6.07, 6.45) is 0.320. The molecule has 2 aromatic rings. The topological polar surface area (TPSA) is 109 Å². The molecule has 0 saturated carbocycles. The first-order valence-electron chi connectivity index (χ1n) is 8.09. The second-order valence-electron chi connectivity index (χ2n) is 5.79. The molecule has 27 heavy (non-hydrogen) atoms. The zero-order valence-electron chi connectivity index (χ0n) is 15.1. The summed E-state index contributed by atoms with van der Waals surface area (Å²) in [6, 6.07) is 6.41. The molecule has 2 amide bonds. The van der Waals surface area contributed by atoms with Crippen LogP contribution in [-0.4, -0.2) is 11.8 Å². The van der Waals surface area contributed by atoms with Crippen LogP contribution < -0.4 is 16.4 Å². The number of rotatable bonds is 5. The van der Waals surface area contributed by atoms with Crippen molar-refractivity contribution in [1.29, 1.82) is 0 Å². The van der Waals surface area contributed by atoms with E-state index in [1.165, 1.54) is 19.1 Å². The van der Waals surface area contributed by atoms with Crippen LogP contribution >= 0.6 is 23.2 Å². The Hall–Kier alpha value is -2.64. The first kappa shape index (κ1) is 20.7. The van der Waals surface area contributed by atoms with Gasteiger partial charge in [-0.1, -0.05) is 30.1 Å². The highest BCUT2D eigenvalue weighted by molar-refractivity contribution is 6.40. The lowest BCUT2D eigenvalue weighted by molar-refractivity contribution is -0.116. The fourth-order valence-corrected chi connectivity index (χ4v) is 2.73. The Morgan fingerprint density at radius 2 is 1.70 bits per heavy atom. The lowest BCUT2D eigenvalue weighted by atomic mass is 10.1.